The molecule has 25 heavy (non-hydrogen) atoms. The fourth-order valence-corrected chi connectivity index (χ4v) is 5.19. The molecule has 2 heterocycles. The first-order valence-electron chi connectivity index (χ1n) is 8.71. The lowest BCUT2D eigenvalue weighted by Crippen LogP contribution is -2.15. The highest BCUT2D eigenvalue weighted by Crippen LogP contribution is 2.39. The number of nitrogens with one attached hydrogen (secondary N) is 1. The van der Waals surface area contributed by atoms with Crippen molar-refractivity contribution < 1.29 is 14.3 Å². The molecule has 1 N–H and O–H groups in total. The first kappa shape index (κ1) is 18.1. The topological polar surface area (TPSA) is 55.4 Å². The summed E-state index contributed by atoms with van der Waals surface area (Å²) in [5.74, 6) is -0.459. The molecule has 0 aliphatic heterocycles. The minimum Gasteiger partial charge on any atom is -0.462 e. The van der Waals surface area contributed by atoms with Gasteiger partial charge < -0.3 is 10.1 Å². The van der Waals surface area contributed by atoms with Crippen molar-refractivity contribution in [2.75, 3.05) is 11.9 Å². The second-order valence-corrected chi connectivity index (χ2v) is 8.72. The number of fused-ring (bicyclic) bond motifs is 1. The van der Waals surface area contributed by atoms with E-state index in [-0.39, 0.29) is 11.9 Å². The number of hydrogen-bond donors (Lipinski definition) is 1. The van der Waals surface area contributed by atoms with E-state index in [2.05, 4.69) is 5.32 Å². The molecule has 0 radical (unpaired) electrons. The molecule has 3 rings (SSSR count). The number of amides is 1. The summed E-state index contributed by atoms with van der Waals surface area (Å²) >= 11 is 3.01. The van der Waals surface area contributed by atoms with Crippen LogP contribution >= 0.6 is 22.7 Å². The lowest BCUT2D eigenvalue weighted by molar-refractivity contribution is 0.0505. The predicted octanol–water partition coefficient (Wildman–Crippen LogP) is 5.12. The molecule has 0 unspecified atom stereocenters. The maximum atomic E-state index is 12.6. The fraction of sp³-hybridized carbons (Fsp3) is 0.474. The van der Waals surface area contributed by atoms with Gasteiger partial charge in [-0.15, -0.1) is 22.7 Å². The molecular formula is C19H23NO3S2. The highest BCUT2D eigenvalue weighted by molar-refractivity contribution is 7.17. The number of carbonyl (C=O) groups is 2. The number of aryl methyl sites for hydroxylation is 3. The molecule has 2 aromatic heterocycles. The van der Waals surface area contributed by atoms with E-state index in [0.717, 1.165) is 48.1 Å². The molecule has 0 saturated carbocycles. The van der Waals surface area contributed by atoms with Gasteiger partial charge in [0.15, 0.2) is 0 Å². The van der Waals surface area contributed by atoms with E-state index in [1.54, 1.807) is 0 Å². The van der Waals surface area contributed by atoms with E-state index in [4.69, 9.17) is 4.74 Å². The predicted molar refractivity (Wildman–Crippen MR) is 103 cm³/mol. The molecule has 1 aliphatic rings. The Morgan fingerprint density at radius 3 is 2.64 bits per heavy atom. The molecule has 2 aromatic rings. The Morgan fingerprint density at radius 2 is 1.96 bits per heavy atom. The van der Waals surface area contributed by atoms with Crippen LogP contribution in [0.15, 0.2) is 6.07 Å². The Morgan fingerprint density at radius 1 is 1.20 bits per heavy atom. The zero-order valence-electron chi connectivity index (χ0n) is 14.9. The Bertz CT molecular complexity index is 784. The van der Waals surface area contributed by atoms with Crippen molar-refractivity contribution in [1.82, 2.24) is 0 Å². The number of thiophene rings is 2. The van der Waals surface area contributed by atoms with Crippen LogP contribution in [-0.4, -0.2) is 18.5 Å². The van der Waals surface area contributed by atoms with E-state index in [1.807, 2.05) is 26.8 Å². The van der Waals surface area contributed by atoms with Gasteiger partial charge in [0.05, 0.1) is 17.0 Å². The quantitative estimate of drug-likeness (QED) is 0.735. The maximum Gasteiger partial charge on any atom is 0.341 e. The molecule has 4 nitrogen and oxygen atoms in total. The van der Waals surface area contributed by atoms with Gasteiger partial charge in [0.2, 0.25) is 0 Å². The number of hydrogen-bond acceptors (Lipinski definition) is 5. The van der Waals surface area contributed by atoms with Gasteiger partial charge in [0, 0.05) is 9.75 Å². The molecule has 0 aromatic carbocycles. The Kier molecular flexibility index (Phi) is 5.59. The van der Waals surface area contributed by atoms with Crippen molar-refractivity contribution >= 4 is 39.6 Å². The first-order valence-corrected chi connectivity index (χ1v) is 10.3. The van der Waals surface area contributed by atoms with Crippen LogP contribution in [0.25, 0.3) is 0 Å². The van der Waals surface area contributed by atoms with Crippen molar-refractivity contribution in [2.45, 2.75) is 52.9 Å². The summed E-state index contributed by atoms with van der Waals surface area (Å²) in [4.78, 5) is 28.2. The summed E-state index contributed by atoms with van der Waals surface area (Å²) in [7, 11) is 0. The maximum absolute atomic E-state index is 12.6. The molecule has 0 saturated heterocycles. The number of carbonyl (C=O) groups excluding carboxylic acids is 2. The van der Waals surface area contributed by atoms with Crippen molar-refractivity contribution in [3.05, 3.63) is 37.4 Å². The summed E-state index contributed by atoms with van der Waals surface area (Å²) in [6.07, 6.45) is 4.85. The van der Waals surface area contributed by atoms with Crippen LogP contribution in [0.4, 0.5) is 5.00 Å². The Labute approximate surface area is 156 Å². The zero-order valence-corrected chi connectivity index (χ0v) is 16.5. The van der Waals surface area contributed by atoms with Crippen molar-refractivity contribution in [2.24, 2.45) is 0 Å². The summed E-state index contributed by atoms with van der Waals surface area (Å²) in [6, 6.07) is 1.90. The smallest absolute Gasteiger partial charge is 0.341 e. The van der Waals surface area contributed by atoms with Gasteiger partial charge >= 0.3 is 5.97 Å². The normalized spacial score (nSPS) is 13.4. The zero-order chi connectivity index (χ0) is 18.0. The van der Waals surface area contributed by atoms with Gasteiger partial charge in [-0.05, 0) is 63.1 Å². The van der Waals surface area contributed by atoms with Crippen LogP contribution in [0.3, 0.4) is 0 Å². The molecule has 134 valence electrons. The fourth-order valence-electron chi connectivity index (χ4n) is 2.99. The van der Waals surface area contributed by atoms with Gasteiger partial charge in [-0.2, -0.15) is 0 Å². The van der Waals surface area contributed by atoms with Crippen LogP contribution in [0, 0.1) is 13.8 Å². The number of ether oxygens (including phenoxy) is 1. The monoisotopic (exact) mass is 377 g/mol. The number of rotatable bonds is 5. The van der Waals surface area contributed by atoms with Crippen LogP contribution < -0.4 is 5.32 Å². The van der Waals surface area contributed by atoms with Gasteiger partial charge in [-0.3, -0.25) is 4.79 Å². The largest absolute Gasteiger partial charge is 0.462 e. The summed E-state index contributed by atoms with van der Waals surface area (Å²) in [5, 5.41) is 3.61. The highest BCUT2D eigenvalue weighted by atomic mass is 32.1. The van der Waals surface area contributed by atoms with Crippen LogP contribution in [0.5, 0.6) is 0 Å². The minimum absolute atomic E-state index is 0.149. The molecule has 1 amide bonds. The van der Waals surface area contributed by atoms with E-state index >= 15 is 0 Å². The van der Waals surface area contributed by atoms with Crippen molar-refractivity contribution in [3.8, 4) is 0 Å². The average molecular weight is 378 g/mol. The number of anilines is 1. The average Bonchev–Trinajstić information content (AvgIpc) is 3.12. The third-order valence-electron chi connectivity index (χ3n) is 4.43. The van der Waals surface area contributed by atoms with Gasteiger partial charge in [-0.1, -0.05) is 6.92 Å². The summed E-state index contributed by atoms with van der Waals surface area (Å²) in [5.41, 5.74) is 2.76. The molecule has 0 bridgehead atoms. The van der Waals surface area contributed by atoms with Crippen LogP contribution in [-0.2, 0) is 17.6 Å². The molecule has 6 heteroatoms. The van der Waals surface area contributed by atoms with Crippen LogP contribution in [0.2, 0.25) is 0 Å². The lowest BCUT2D eigenvalue weighted by atomic mass is 9.95. The molecule has 1 aliphatic carbocycles. The van der Waals surface area contributed by atoms with E-state index < -0.39 is 0 Å². The molecule has 0 fully saturated rings. The van der Waals surface area contributed by atoms with Gasteiger partial charge in [-0.25, -0.2) is 4.79 Å². The summed E-state index contributed by atoms with van der Waals surface area (Å²) in [6.45, 7) is 6.38. The third kappa shape index (κ3) is 3.80. The van der Waals surface area contributed by atoms with E-state index in [1.165, 1.54) is 27.6 Å². The summed E-state index contributed by atoms with van der Waals surface area (Å²) < 4.78 is 5.37. The van der Waals surface area contributed by atoms with Gasteiger partial charge in [0.1, 0.15) is 5.00 Å². The second kappa shape index (κ2) is 7.70. The Balaban J connectivity index is 1.90. The second-order valence-electron chi connectivity index (χ2n) is 6.35. The lowest BCUT2D eigenvalue weighted by Gasteiger charge is -2.12. The van der Waals surface area contributed by atoms with Crippen molar-refractivity contribution in [1.29, 1.82) is 0 Å². The van der Waals surface area contributed by atoms with Gasteiger partial charge in [0.25, 0.3) is 5.91 Å². The van der Waals surface area contributed by atoms with E-state index in [9.17, 15) is 9.59 Å². The van der Waals surface area contributed by atoms with Crippen molar-refractivity contribution in [3.63, 3.8) is 0 Å². The third-order valence-corrected chi connectivity index (χ3v) is 6.79. The Hall–Kier alpha value is -1.66. The van der Waals surface area contributed by atoms with Crippen LogP contribution in [0.1, 0.15) is 67.1 Å². The molecular weight excluding hydrogens is 354 g/mol. The molecule has 0 spiro atoms. The SMILES string of the molecule is CCCOC(=O)c1c(NC(=O)c2cc(C)c(C)s2)sc2c1CCCC2. The van der Waals surface area contributed by atoms with E-state index in [0.29, 0.717) is 22.0 Å². The standard InChI is InChI=1S/C19H23NO3S2/c1-4-9-23-19(22)16-13-7-5-6-8-14(13)25-18(16)20-17(21)15-10-11(2)12(3)24-15/h10H,4-9H2,1-3H3,(H,20,21). The minimum atomic E-state index is -0.310. The number of esters is 1. The highest BCUT2D eigenvalue weighted by Gasteiger charge is 2.27. The first-order chi connectivity index (χ1) is 12.0. The molecule has 0 atom stereocenters.